The molecule has 1 unspecified atom stereocenters. The molecule has 5 nitrogen and oxygen atoms in total. The molecule has 1 saturated heterocycles. The summed E-state index contributed by atoms with van der Waals surface area (Å²) in [5.74, 6) is -0.382. The van der Waals surface area contributed by atoms with Gasteiger partial charge in [-0.05, 0) is 44.4 Å². The fourth-order valence-electron chi connectivity index (χ4n) is 2.80. The average molecular weight is 392 g/mol. The first kappa shape index (κ1) is 20.7. The topological polar surface area (TPSA) is 66.5 Å². The summed E-state index contributed by atoms with van der Waals surface area (Å²) in [6.45, 7) is 4.06. The van der Waals surface area contributed by atoms with Gasteiger partial charge in [0.1, 0.15) is 0 Å². The van der Waals surface area contributed by atoms with Crippen LogP contribution in [0.4, 0.5) is 13.2 Å². The van der Waals surface area contributed by atoms with Crippen LogP contribution in [0.3, 0.4) is 0 Å². The van der Waals surface area contributed by atoms with Crippen molar-refractivity contribution in [2.45, 2.75) is 50.2 Å². The van der Waals surface area contributed by atoms with Crippen molar-refractivity contribution in [2.24, 2.45) is 5.92 Å². The van der Waals surface area contributed by atoms with E-state index in [0.717, 1.165) is 28.9 Å². The minimum atomic E-state index is -4.60. The Kier molecular flexibility index (Phi) is 6.33. The molecule has 146 valence electrons. The Bertz CT molecular complexity index is 742. The van der Waals surface area contributed by atoms with E-state index in [4.69, 9.17) is 0 Å². The van der Waals surface area contributed by atoms with Crippen LogP contribution in [-0.4, -0.2) is 37.8 Å². The molecule has 0 aliphatic carbocycles. The van der Waals surface area contributed by atoms with Gasteiger partial charge in [-0.3, -0.25) is 4.79 Å². The highest BCUT2D eigenvalue weighted by Gasteiger charge is 2.35. The van der Waals surface area contributed by atoms with Gasteiger partial charge >= 0.3 is 6.18 Å². The Morgan fingerprint density at radius 1 is 1.31 bits per heavy atom. The SMILES string of the molecule is CCC(C)NC(=O)C1CCN(S(=O)(=O)c2cccc(C(F)(F)F)c2)CC1. The number of hydrogen-bond donors (Lipinski definition) is 1. The molecule has 1 aliphatic rings. The van der Waals surface area contributed by atoms with Crippen LogP contribution >= 0.6 is 0 Å². The zero-order chi connectivity index (χ0) is 19.5. The number of carbonyl (C=O) groups is 1. The lowest BCUT2D eigenvalue weighted by Gasteiger charge is -2.31. The third-order valence-electron chi connectivity index (χ3n) is 4.62. The number of benzene rings is 1. The molecule has 1 aliphatic heterocycles. The first-order valence-electron chi connectivity index (χ1n) is 8.53. The molecule has 0 saturated carbocycles. The van der Waals surface area contributed by atoms with Gasteiger partial charge in [0.05, 0.1) is 10.5 Å². The number of amides is 1. The van der Waals surface area contributed by atoms with Crippen LogP contribution in [-0.2, 0) is 21.0 Å². The lowest BCUT2D eigenvalue weighted by Crippen LogP contribution is -2.44. The van der Waals surface area contributed by atoms with Gasteiger partial charge in [0.15, 0.2) is 0 Å². The summed E-state index contributed by atoms with van der Waals surface area (Å²) in [6, 6.07) is 3.78. The lowest BCUT2D eigenvalue weighted by molar-refractivity contribution is -0.137. The number of carbonyl (C=O) groups excluding carboxylic acids is 1. The molecule has 1 heterocycles. The predicted molar refractivity (Wildman–Crippen MR) is 90.8 cm³/mol. The molecule has 1 fully saturated rings. The lowest BCUT2D eigenvalue weighted by atomic mass is 9.97. The number of nitrogens with zero attached hydrogens (tertiary/aromatic N) is 1. The van der Waals surface area contributed by atoms with E-state index in [2.05, 4.69) is 5.32 Å². The molecule has 1 aromatic carbocycles. The van der Waals surface area contributed by atoms with Crippen molar-refractivity contribution in [3.63, 3.8) is 0 Å². The van der Waals surface area contributed by atoms with Crippen molar-refractivity contribution in [1.29, 1.82) is 0 Å². The van der Waals surface area contributed by atoms with E-state index < -0.39 is 21.8 Å². The minimum absolute atomic E-state index is 0.0503. The zero-order valence-corrected chi connectivity index (χ0v) is 15.5. The number of rotatable bonds is 5. The van der Waals surface area contributed by atoms with Crippen LogP contribution in [0, 0.1) is 5.92 Å². The smallest absolute Gasteiger partial charge is 0.353 e. The van der Waals surface area contributed by atoms with E-state index >= 15 is 0 Å². The highest BCUT2D eigenvalue weighted by atomic mass is 32.2. The first-order chi connectivity index (χ1) is 12.1. The van der Waals surface area contributed by atoms with Gasteiger partial charge < -0.3 is 5.32 Å². The predicted octanol–water partition coefficient (Wildman–Crippen LogP) is 3.02. The maximum atomic E-state index is 12.8. The fourth-order valence-corrected chi connectivity index (χ4v) is 4.32. The Morgan fingerprint density at radius 2 is 1.92 bits per heavy atom. The number of nitrogens with one attached hydrogen (secondary N) is 1. The van der Waals surface area contributed by atoms with E-state index in [0.29, 0.717) is 18.9 Å². The summed E-state index contributed by atoms with van der Waals surface area (Å²) in [4.78, 5) is 11.8. The quantitative estimate of drug-likeness (QED) is 0.838. The third kappa shape index (κ3) is 4.76. The van der Waals surface area contributed by atoms with Gasteiger partial charge in [-0.25, -0.2) is 8.42 Å². The van der Waals surface area contributed by atoms with Crippen molar-refractivity contribution in [2.75, 3.05) is 13.1 Å². The van der Waals surface area contributed by atoms with Crippen LogP contribution in [0.15, 0.2) is 29.2 Å². The van der Waals surface area contributed by atoms with Crippen molar-refractivity contribution in [3.05, 3.63) is 29.8 Å². The normalized spacial score (nSPS) is 18.5. The monoisotopic (exact) mass is 392 g/mol. The van der Waals surface area contributed by atoms with Gasteiger partial charge in [-0.1, -0.05) is 13.0 Å². The molecule has 2 rings (SSSR count). The van der Waals surface area contributed by atoms with Crippen LogP contribution < -0.4 is 5.32 Å². The summed E-state index contributed by atoms with van der Waals surface area (Å²) >= 11 is 0. The Balaban J connectivity index is 2.08. The molecular weight excluding hydrogens is 369 g/mol. The molecule has 1 N–H and O–H groups in total. The van der Waals surface area contributed by atoms with Crippen LogP contribution in [0.25, 0.3) is 0 Å². The van der Waals surface area contributed by atoms with Crippen molar-refractivity contribution >= 4 is 15.9 Å². The zero-order valence-electron chi connectivity index (χ0n) is 14.7. The Morgan fingerprint density at radius 3 is 2.46 bits per heavy atom. The summed E-state index contributed by atoms with van der Waals surface area (Å²) in [6.07, 6.45) is -3.11. The number of hydrogen-bond acceptors (Lipinski definition) is 3. The summed E-state index contributed by atoms with van der Waals surface area (Å²) < 4.78 is 64.9. The van der Waals surface area contributed by atoms with E-state index in [1.165, 1.54) is 0 Å². The number of halogens is 3. The van der Waals surface area contributed by atoms with E-state index in [-0.39, 0.29) is 35.9 Å². The van der Waals surface area contributed by atoms with E-state index in [1.54, 1.807) is 0 Å². The molecule has 1 atom stereocenters. The van der Waals surface area contributed by atoms with E-state index in [9.17, 15) is 26.4 Å². The average Bonchev–Trinajstić information content (AvgIpc) is 2.61. The Hall–Kier alpha value is -1.61. The molecule has 26 heavy (non-hydrogen) atoms. The van der Waals surface area contributed by atoms with Crippen molar-refractivity contribution < 1.29 is 26.4 Å². The van der Waals surface area contributed by atoms with Gasteiger partial charge in [-0.2, -0.15) is 17.5 Å². The highest BCUT2D eigenvalue weighted by molar-refractivity contribution is 7.89. The van der Waals surface area contributed by atoms with Gasteiger partial charge in [0.2, 0.25) is 15.9 Å². The van der Waals surface area contributed by atoms with Crippen molar-refractivity contribution in [3.8, 4) is 0 Å². The summed E-state index contributed by atoms with van der Waals surface area (Å²) in [7, 11) is -4.02. The molecule has 0 spiro atoms. The van der Waals surface area contributed by atoms with Gasteiger partial charge in [-0.15, -0.1) is 0 Å². The van der Waals surface area contributed by atoms with E-state index in [1.807, 2.05) is 13.8 Å². The minimum Gasteiger partial charge on any atom is -0.353 e. The maximum absolute atomic E-state index is 12.8. The number of piperidine rings is 1. The summed E-state index contributed by atoms with van der Waals surface area (Å²) in [5.41, 5.74) is -0.999. The second-order valence-corrected chi connectivity index (χ2v) is 8.46. The second kappa shape index (κ2) is 7.96. The molecule has 0 aromatic heterocycles. The fraction of sp³-hybridized carbons (Fsp3) is 0.588. The molecule has 1 amide bonds. The van der Waals surface area contributed by atoms with Crippen LogP contribution in [0.2, 0.25) is 0 Å². The number of sulfonamides is 1. The largest absolute Gasteiger partial charge is 0.416 e. The van der Waals surface area contributed by atoms with Crippen LogP contribution in [0.5, 0.6) is 0 Å². The number of alkyl halides is 3. The van der Waals surface area contributed by atoms with Gasteiger partial charge in [0, 0.05) is 25.0 Å². The first-order valence-corrected chi connectivity index (χ1v) is 9.97. The van der Waals surface area contributed by atoms with Crippen LogP contribution in [0.1, 0.15) is 38.7 Å². The molecular formula is C17H23F3N2O3S. The third-order valence-corrected chi connectivity index (χ3v) is 6.52. The standard InChI is InChI=1S/C17H23F3N2O3S/c1-3-12(2)21-16(23)13-7-9-22(10-8-13)26(24,25)15-6-4-5-14(11-15)17(18,19)20/h4-6,11-13H,3,7-10H2,1-2H3,(H,21,23). The molecule has 0 bridgehead atoms. The molecule has 9 heteroatoms. The second-order valence-electron chi connectivity index (χ2n) is 6.52. The maximum Gasteiger partial charge on any atom is 0.416 e. The van der Waals surface area contributed by atoms with Crippen molar-refractivity contribution in [1.82, 2.24) is 9.62 Å². The molecule has 0 radical (unpaired) electrons. The van der Waals surface area contributed by atoms with Gasteiger partial charge in [0.25, 0.3) is 0 Å². The highest BCUT2D eigenvalue weighted by Crippen LogP contribution is 2.32. The Labute approximate surface area is 151 Å². The summed E-state index contributed by atoms with van der Waals surface area (Å²) in [5, 5.41) is 2.88. The molecule has 1 aromatic rings.